The molecule has 0 aromatic rings. The first-order valence-electron chi connectivity index (χ1n) is 5.40. The highest BCUT2D eigenvalue weighted by atomic mass is 32.2. The number of rotatable bonds is 1. The van der Waals surface area contributed by atoms with Crippen molar-refractivity contribution in [1.82, 2.24) is 4.90 Å². The van der Waals surface area contributed by atoms with Crippen LogP contribution in [0.3, 0.4) is 0 Å². The SMILES string of the molecule is CC(C)C=C1CSCC(C)(C)CN1C. The zero-order chi connectivity index (χ0) is 10.8. The van der Waals surface area contributed by atoms with Crippen LogP contribution in [0.25, 0.3) is 0 Å². The van der Waals surface area contributed by atoms with E-state index in [1.807, 2.05) is 0 Å². The van der Waals surface area contributed by atoms with E-state index in [1.165, 1.54) is 23.7 Å². The van der Waals surface area contributed by atoms with Gasteiger partial charge in [0.1, 0.15) is 0 Å². The van der Waals surface area contributed by atoms with Crippen molar-refractivity contribution in [3.63, 3.8) is 0 Å². The van der Waals surface area contributed by atoms with Gasteiger partial charge >= 0.3 is 0 Å². The van der Waals surface area contributed by atoms with Crippen LogP contribution in [0.4, 0.5) is 0 Å². The predicted molar refractivity (Wildman–Crippen MR) is 66.7 cm³/mol. The molecular weight excluding hydrogens is 190 g/mol. The first-order chi connectivity index (χ1) is 6.41. The Morgan fingerprint density at radius 2 is 2.07 bits per heavy atom. The maximum absolute atomic E-state index is 2.43. The summed E-state index contributed by atoms with van der Waals surface area (Å²) in [5.74, 6) is 3.11. The normalized spacial score (nSPS) is 25.6. The zero-order valence-corrected chi connectivity index (χ0v) is 10.9. The van der Waals surface area contributed by atoms with Crippen molar-refractivity contribution in [1.29, 1.82) is 0 Å². The van der Waals surface area contributed by atoms with E-state index in [4.69, 9.17) is 0 Å². The number of nitrogens with zero attached hydrogens (tertiary/aromatic N) is 1. The molecule has 1 aliphatic rings. The Bertz CT molecular complexity index is 218. The summed E-state index contributed by atoms with van der Waals surface area (Å²) in [5, 5.41) is 0. The van der Waals surface area contributed by atoms with Crippen molar-refractivity contribution in [2.75, 3.05) is 25.1 Å². The van der Waals surface area contributed by atoms with Gasteiger partial charge in [0.25, 0.3) is 0 Å². The second kappa shape index (κ2) is 4.61. The Hall–Kier alpha value is -0.110. The molecule has 1 aliphatic heterocycles. The maximum atomic E-state index is 2.43. The number of allylic oxidation sites excluding steroid dienone is 1. The van der Waals surface area contributed by atoms with Crippen LogP contribution in [0.1, 0.15) is 27.7 Å². The van der Waals surface area contributed by atoms with E-state index in [-0.39, 0.29) is 0 Å². The summed E-state index contributed by atoms with van der Waals surface area (Å²) in [6.45, 7) is 10.4. The van der Waals surface area contributed by atoms with E-state index >= 15 is 0 Å². The van der Waals surface area contributed by atoms with Crippen LogP contribution in [-0.2, 0) is 0 Å². The van der Waals surface area contributed by atoms with Gasteiger partial charge in [-0.05, 0) is 11.3 Å². The molecule has 0 N–H and O–H groups in total. The highest BCUT2D eigenvalue weighted by Gasteiger charge is 2.24. The number of hydrogen-bond donors (Lipinski definition) is 0. The summed E-state index contributed by atoms with van der Waals surface area (Å²) in [6.07, 6.45) is 2.40. The minimum Gasteiger partial charge on any atom is -0.377 e. The third-order valence-electron chi connectivity index (χ3n) is 2.42. The fourth-order valence-electron chi connectivity index (χ4n) is 1.89. The molecule has 14 heavy (non-hydrogen) atoms. The molecule has 0 spiro atoms. The van der Waals surface area contributed by atoms with Gasteiger partial charge in [-0.25, -0.2) is 0 Å². The number of thioether (sulfide) groups is 1. The van der Waals surface area contributed by atoms with Crippen LogP contribution in [0.2, 0.25) is 0 Å². The largest absolute Gasteiger partial charge is 0.377 e. The summed E-state index contributed by atoms with van der Waals surface area (Å²) < 4.78 is 0. The van der Waals surface area contributed by atoms with Gasteiger partial charge in [-0.1, -0.05) is 33.8 Å². The van der Waals surface area contributed by atoms with Gasteiger partial charge in [-0.15, -0.1) is 0 Å². The molecule has 1 heterocycles. The average molecular weight is 213 g/mol. The third kappa shape index (κ3) is 3.56. The topological polar surface area (TPSA) is 3.24 Å². The summed E-state index contributed by atoms with van der Waals surface area (Å²) in [6, 6.07) is 0. The molecule has 1 rings (SSSR count). The first-order valence-corrected chi connectivity index (χ1v) is 6.56. The summed E-state index contributed by atoms with van der Waals surface area (Å²) in [7, 11) is 2.22. The minimum absolute atomic E-state index is 0.450. The third-order valence-corrected chi connectivity index (χ3v) is 3.91. The second-order valence-electron chi connectivity index (χ2n) is 5.42. The smallest absolute Gasteiger partial charge is 0.0331 e. The lowest BCUT2D eigenvalue weighted by Gasteiger charge is -2.28. The van der Waals surface area contributed by atoms with E-state index in [2.05, 4.69) is 57.5 Å². The molecule has 0 bridgehead atoms. The van der Waals surface area contributed by atoms with Crippen molar-refractivity contribution in [3.8, 4) is 0 Å². The van der Waals surface area contributed by atoms with Crippen LogP contribution in [0.15, 0.2) is 11.8 Å². The predicted octanol–water partition coefficient (Wildman–Crippen LogP) is 3.23. The molecule has 0 radical (unpaired) electrons. The molecule has 82 valence electrons. The molecule has 1 nitrogen and oxygen atoms in total. The Balaban J connectivity index is 2.72. The molecule has 0 aromatic carbocycles. The number of hydrogen-bond acceptors (Lipinski definition) is 2. The monoisotopic (exact) mass is 213 g/mol. The molecule has 0 aliphatic carbocycles. The fourth-order valence-corrected chi connectivity index (χ4v) is 3.16. The van der Waals surface area contributed by atoms with Crippen molar-refractivity contribution in [3.05, 3.63) is 11.8 Å². The molecule has 0 saturated carbocycles. The summed E-state index contributed by atoms with van der Waals surface area (Å²) in [4.78, 5) is 2.43. The lowest BCUT2D eigenvalue weighted by atomic mass is 9.95. The van der Waals surface area contributed by atoms with E-state index in [1.54, 1.807) is 0 Å². The molecule has 1 saturated heterocycles. The maximum Gasteiger partial charge on any atom is 0.0331 e. The molecule has 0 atom stereocenters. The lowest BCUT2D eigenvalue weighted by molar-refractivity contribution is 0.279. The van der Waals surface area contributed by atoms with E-state index in [0.29, 0.717) is 11.3 Å². The van der Waals surface area contributed by atoms with Crippen molar-refractivity contribution in [2.24, 2.45) is 11.3 Å². The van der Waals surface area contributed by atoms with Gasteiger partial charge in [0.15, 0.2) is 0 Å². The lowest BCUT2D eigenvalue weighted by Crippen LogP contribution is -2.30. The van der Waals surface area contributed by atoms with E-state index < -0.39 is 0 Å². The molecular formula is C12H23NS. The zero-order valence-electron chi connectivity index (χ0n) is 10.1. The van der Waals surface area contributed by atoms with Gasteiger partial charge < -0.3 is 4.90 Å². The first kappa shape index (κ1) is 12.0. The van der Waals surface area contributed by atoms with E-state index in [0.717, 1.165) is 0 Å². The molecule has 2 heteroatoms. The van der Waals surface area contributed by atoms with Crippen LogP contribution in [0.5, 0.6) is 0 Å². The Morgan fingerprint density at radius 3 is 2.64 bits per heavy atom. The summed E-state index contributed by atoms with van der Waals surface area (Å²) >= 11 is 2.07. The molecule has 0 amide bonds. The average Bonchev–Trinajstić information content (AvgIpc) is 2.10. The van der Waals surface area contributed by atoms with Crippen LogP contribution in [-0.4, -0.2) is 30.0 Å². The minimum atomic E-state index is 0.450. The Labute approximate surface area is 92.9 Å². The van der Waals surface area contributed by atoms with Crippen LogP contribution < -0.4 is 0 Å². The van der Waals surface area contributed by atoms with Crippen molar-refractivity contribution in [2.45, 2.75) is 27.7 Å². The van der Waals surface area contributed by atoms with Gasteiger partial charge in [-0.2, -0.15) is 11.8 Å². The van der Waals surface area contributed by atoms with Crippen molar-refractivity contribution < 1.29 is 0 Å². The summed E-state index contributed by atoms with van der Waals surface area (Å²) in [5.41, 5.74) is 1.96. The van der Waals surface area contributed by atoms with Crippen molar-refractivity contribution >= 4 is 11.8 Å². The highest BCUT2D eigenvalue weighted by molar-refractivity contribution is 7.99. The van der Waals surface area contributed by atoms with E-state index in [9.17, 15) is 0 Å². The van der Waals surface area contributed by atoms with Crippen LogP contribution >= 0.6 is 11.8 Å². The van der Waals surface area contributed by atoms with Gasteiger partial charge in [0.2, 0.25) is 0 Å². The molecule has 0 aromatic heterocycles. The Morgan fingerprint density at radius 1 is 1.43 bits per heavy atom. The second-order valence-corrected chi connectivity index (χ2v) is 6.40. The van der Waals surface area contributed by atoms with Gasteiger partial charge in [-0.3, -0.25) is 0 Å². The quantitative estimate of drug-likeness (QED) is 0.658. The van der Waals surface area contributed by atoms with Crippen LogP contribution in [0, 0.1) is 11.3 Å². The van der Waals surface area contributed by atoms with Gasteiger partial charge in [0, 0.05) is 30.8 Å². The Kier molecular flexibility index (Phi) is 3.94. The highest BCUT2D eigenvalue weighted by Crippen LogP contribution is 2.30. The molecule has 0 unspecified atom stereocenters. The van der Waals surface area contributed by atoms with Gasteiger partial charge in [0.05, 0.1) is 0 Å². The standard InChI is InChI=1S/C12H23NS/c1-10(2)6-11-7-14-9-12(3,4)8-13(11)5/h6,10H,7-9H2,1-5H3. The molecule has 1 fully saturated rings. The fraction of sp³-hybridized carbons (Fsp3) is 0.833.